The van der Waals surface area contributed by atoms with Crippen LogP contribution in [0.15, 0.2) is 41.8 Å². The van der Waals surface area contributed by atoms with E-state index in [4.69, 9.17) is 5.73 Å². The number of amides is 1. The van der Waals surface area contributed by atoms with E-state index < -0.39 is 0 Å². The Bertz CT molecular complexity index is 608. The van der Waals surface area contributed by atoms with Gasteiger partial charge in [-0.3, -0.25) is 4.79 Å². The first-order chi connectivity index (χ1) is 10.2. The van der Waals surface area contributed by atoms with Crippen molar-refractivity contribution in [3.63, 3.8) is 0 Å². The third-order valence-corrected chi connectivity index (χ3v) is 5.08. The van der Waals surface area contributed by atoms with Crippen molar-refractivity contribution in [2.75, 3.05) is 6.54 Å². The smallest absolute Gasteiger partial charge is 0.222 e. The number of hydrogen-bond donors (Lipinski definition) is 1. The Morgan fingerprint density at radius 3 is 2.90 bits per heavy atom. The fourth-order valence-electron chi connectivity index (χ4n) is 2.77. The molecule has 2 N–H and O–H groups in total. The van der Waals surface area contributed by atoms with Gasteiger partial charge in [-0.15, -0.1) is 11.3 Å². The molecule has 0 aliphatic carbocycles. The normalized spacial score (nSPS) is 15.6. The summed E-state index contributed by atoms with van der Waals surface area (Å²) in [7, 11) is 0. The molecule has 0 saturated heterocycles. The van der Waals surface area contributed by atoms with Crippen LogP contribution in [0.25, 0.3) is 0 Å². The lowest BCUT2D eigenvalue weighted by atomic mass is 10.0. The zero-order valence-electron chi connectivity index (χ0n) is 12.0. The largest absolute Gasteiger partial charge is 0.338 e. The molecule has 1 aromatic heterocycles. The number of carbonyl (C=O) groups excluding carboxylic acids is 1. The average Bonchev–Trinajstić information content (AvgIpc) is 3.00. The fourth-order valence-corrected chi connectivity index (χ4v) is 3.66. The van der Waals surface area contributed by atoms with Crippen molar-refractivity contribution in [2.45, 2.75) is 31.8 Å². The van der Waals surface area contributed by atoms with Crippen molar-refractivity contribution in [2.24, 2.45) is 5.73 Å². The van der Waals surface area contributed by atoms with Crippen molar-refractivity contribution in [3.05, 3.63) is 57.8 Å². The van der Waals surface area contributed by atoms with E-state index in [1.54, 1.807) is 11.3 Å². The van der Waals surface area contributed by atoms with Gasteiger partial charge in [-0.2, -0.15) is 0 Å². The first-order valence-electron chi connectivity index (χ1n) is 7.37. The molecule has 4 heteroatoms. The van der Waals surface area contributed by atoms with E-state index in [-0.39, 0.29) is 11.9 Å². The molecule has 1 aliphatic heterocycles. The van der Waals surface area contributed by atoms with E-state index in [0.717, 1.165) is 25.1 Å². The highest BCUT2D eigenvalue weighted by Crippen LogP contribution is 2.25. The van der Waals surface area contributed by atoms with Crippen LogP contribution >= 0.6 is 11.3 Å². The molecule has 0 radical (unpaired) electrons. The minimum absolute atomic E-state index is 0.0587. The molecule has 3 nitrogen and oxygen atoms in total. The van der Waals surface area contributed by atoms with Crippen molar-refractivity contribution in [1.82, 2.24) is 4.90 Å². The lowest BCUT2D eigenvalue weighted by Gasteiger charge is -2.27. The molecule has 1 aromatic carbocycles. The molecule has 21 heavy (non-hydrogen) atoms. The molecule has 1 amide bonds. The Morgan fingerprint density at radius 2 is 2.10 bits per heavy atom. The summed E-state index contributed by atoms with van der Waals surface area (Å²) in [5, 5.41) is 2.12. The SMILES string of the molecule is NC(CCC(=O)N1CCc2sccc2C1)c1ccccc1. The average molecular weight is 300 g/mol. The Hall–Kier alpha value is -1.65. The first kappa shape index (κ1) is 14.3. The number of nitrogens with two attached hydrogens (primary N) is 1. The lowest BCUT2D eigenvalue weighted by Crippen LogP contribution is -2.35. The molecular formula is C17H20N2OS. The van der Waals surface area contributed by atoms with Gasteiger partial charge in [0, 0.05) is 30.4 Å². The number of fused-ring (bicyclic) bond motifs is 1. The number of nitrogens with zero attached hydrogens (tertiary/aromatic N) is 1. The molecule has 0 bridgehead atoms. The lowest BCUT2D eigenvalue weighted by molar-refractivity contribution is -0.132. The molecule has 0 fully saturated rings. The second kappa shape index (κ2) is 6.41. The highest BCUT2D eigenvalue weighted by atomic mass is 32.1. The summed E-state index contributed by atoms with van der Waals surface area (Å²) < 4.78 is 0. The molecule has 2 aromatic rings. The van der Waals surface area contributed by atoms with Crippen LogP contribution in [-0.4, -0.2) is 17.4 Å². The van der Waals surface area contributed by atoms with Gasteiger partial charge in [0.05, 0.1) is 0 Å². The summed E-state index contributed by atoms with van der Waals surface area (Å²) >= 11 is 1.80. The highest BCUT2D eigenvalue weighted by Gasteiger charge is 2.21. The van der Waals surface area contributed by atoms with Crippen LogP contribution in [-0.2, 0) is 17.8 Å². The van der Waals surface area contributed by atoms with Gasteiger partial charge in [0.2, 0.25) is 5.91 Å². The maximum absolute atomic E-state index is 12.3. The number of hydrogen-bond acceptors (Lipinski definition) is 3. The number of rotatable bonds is 4. The monoisotopic (exact) mass is 300 g/mol. The van der Waals surface area contributed by atoms with Gasteiger partial charge in [0.15, 0.2) is 0 Å². The molecule has 110 valence electrons. The molecule has 3 rings (SSSR count). The van der Waals surface area contributed by atoms with Crippen LogP contribution in [0.2, 0.25) is 0 Å². The second-order valence-electron chi connectivity index (χ2n) is 5.49. The maximum Gasteiger partial charge on any atom is 0.222 e. The predicted octanol–water partition coefficient (Wildman–Crippen LogP) is 3.11. The third-order valence-electron chi connectivity index (χ3n) is 4.06. The van der Waals surface area contributed by atoms with E-state index in [1.807, 2.05) is 35.2 Å². The highest BCUT2D eigenvalue weighted by molar-refractivity contribution is 7.10. The van der Waals surface area contributed by atoms with Crippen LogP contribution in [0, 0.1) is 0 Å². The molecule has 1 unspecified atom stereocenters. The first-order valence-corrected chi connectivity index (χ1v) is 8.25. The molecule has 1 aliphatic rings. The zero-order valence-corrected chi connectivity index (χ0v) is 12.8. The summed E-state index contributed by atoms with van der Waals surface area (Å²) in [6, 6.07) is 12.1. The Labute approximate surface area is 129 Å². The molecule has 1 atom stereocenters. The third kappa shape index (κ3) is 3.34. The standard InChI is InChI=1S/C17H20N2OS/c18-15(13-4-2-1-3-5-13)6-7-17(20)19-10-8-16-14(12-19)9-11-21-16/h1-5,9,11,15H,6-8,10,12,18H2. The van der Waals surface area contributed by atoms with Gasteiger partial charge in [0.1, 0.15) is 0 Å². The van der Waals surface area contributed by atoms with Gasteiger partial charge in [0.25, 0.3) is 0 Å². The summed E-state index contributed by atoms with van der Waals surface area (Å²) in [4.78, 5) is 15.7. The van der Waals surface area contributed by atoms with Crippen LogP contribution in [0.1, 0.15) is 34.9 Å². The van der Waals surface area contributed by atoms with Crippen molar-refractivity contribution < 1.29 is 4.79 Å². The summed E-state index contributed by atoms with van der Waals surface area (Å²) in [5.41, 5.74) is 8.58. The Kier molecular flexibility index (Phi) is 4.36. The van der Waals surface area contributed by atoms with Crippen molar-refractivity contribution in [1.29, 1.82) is 0 Å². The van der Waals surface area contributed by atoms with E-state index in [1.165, 1.54) is 10.4 Å². The summed E-state index contributed by atoms with van der Waals surface area (Å²) in [6.45, 7) is 1.60. The molecule has 0 saturated carbocycles. The van der Waals surface area contributed by atoms with E-state index in [9.17, 15) is 4.79 Å². The minimum atomic E-state index is -0.0587. The van der Waals surface area contributed by atoms with Crippen molar-refractivity contribution >= 4 is 17.2 Å². The molecular weight excluding hydrogens is 280 g/mol. The number of thiophene rings is 1. The number of carbonyl (C=O) groups is 1. The summed E-state index contributed by atoms with van der Waals surface area (Å²) in [6.07, 6.45) is 2.22. The van der Waals surface area contributed by atoms with Crippen LogP contribution < -0.4 is 5.73 Å². The van der Waals surface area contributed by atoms with E-state index in [2.05, 4.69) is 11.4 Å². The van der Waals surface area contributed by atoms with Crippen LogP contribution in [0.3, 0.4) is 0 Å². The topological polar surface area (TPSA) is 46.3 Å². The predicted molar refractivity (Wildman–Crippen MR) is 86.0 cm³/mol. The van der Waals surface area contributed by atoms with Gasteiger partial charge in [-0.1, -0.05) is 30.3 Å². The second-order valence-corrected chi connectivity index (χ2v) is 6.49. The molecule has 0 spiro atoms. The Morgan fingerprint density at radius 1 is 1.29 bits per heavy atom. The minimum Gasteiger partial charge on any atom is -0.338 e. The van der Waals surface area contributed by atoms with Gasteiger partial charge < -0.3 is 10.6 Å². The van der Waals surface area contributed by atoms with Gasteiger partial charge in [-0.25, -0.2) is 0 Å². The zero-order chi connectivity index (χ0) is 14.7. The van der Waals surface area contributed by atoms with Crippen LogP contribution in [0.4, 0.5) is 0 Å². The van der Waals surface area contributed by atoms with E-state index >= 15 is 0 Å². The van der Waals surface area contributed by atoms with Gasteiger partial charge in [-0.05, 0) is 35.4 Å². The quantitative estimate of drug-likeness (QED) is 0.943. The maximum atomic E-state index is 12.3. The number of benzene rings is 1. The Balaban J connectivity index is 1.53. The molecule has 2 heterocycles. The van der Waals surface area contributed by atoms with Gasteiger partial charge >= 0.3 is 0 Å². The van der Waals surface area contributed by atoms with E-state index in [0.29, 0.717) is 12.8 Å². The fraction of sp³-hybridized carbons (Fsp3) is 0.353. The summed E-state index contributed by atoms with van der Waals surface area (Å²) in [5.74, 6) is 0.221. The van der Waals surface area contributed by atoms with Crippen LogP contribution in [0.5, 0.6) is 0 Å². The van der Waals surface area contributed by atoms with Crippen molar-refractivity contribution in [3.8, 4) is 0 Å².